The zero-order chi connectivity index (χ0) is 21.1. The molecule has 0 aliphatic carbocycles. The quantitative estimate of drug-likeness (QED) is 0.574. The Morgan fingerprint density at radius 2 is 1.83 bits per heavy atom. The van der Waals surface area contributed by atoms with Crippen molar-refractivity contribution in [1.82, 2.24) is 10.1 Å². The molecule has 1 fully saturated rings. The van der Waals surface area contributed by atoms with Gasteiger partial charge in [0.05, 0.1) is 19.3 Å². The van der Waals surface area contributed by atoms with Gasteiger partial charge in [-0.15, -0.1) is 0 Å². The highest BCUT2D eigenvalue weighted by atomic mass is 19.1. The number of anilines is 1. The van der Waals surface area contributed by atoms with Crippen LogP contribution in [0.15, 0.2) is 53.1 Å². The van der Waals surface area contributed by atoms with Crippen molar-refractivity contribution < 1.29 is 18.4 Å². The number of aromatic nitrogens is 1. The molecule has 0 bridgehead atoms. The van der Waals surface area contributed by atoms with Crippen molar-refractivity contribution in [3.63, 3.8) is 0 Å². The van der Waals surface area contributed by atoms with Gasteiger partial charge in [-0.25, -0.2) is 4.39 Å². The Balaban J connectivity index is 1.35. The van der Waals surface area contributed by atoms with Crippen LogP contribution in [0.3, 0.4) is 0 Å². The summed E-state index contributed by atoms with van der Waals surface area (Å²) in [6, 6.07) is 14.3. The first-order chi connectivity index (χ1) is 14.5. The van der Waals surface area contributed by atoms with Gasteiger partial charge in [-0.1, -0.05) is 5.16 Å². The fourth-order valence-corrected chi connectivity index (χ4v) is 3.63. The fourth-order valence-electron chi connectivity index (χ4n) is 3.63. The van der Waals surface area contributed by atoms with Gasteiger partial charge in [0.25, 0.3) is 0 Å². The van der Waals surface area contributed by atoms with Gasteiger partial charge in [0.1, 0.15) is 17.3 Å². The van der Waals surface area contributed by atoms with Crippen LogP contribution in [0, 0.1) is 5.82 Å². The van der Waals surface area contributed by atoms with Crippen LogP contribution in [0.2, 0.25) is 0 Å². The SMILES string of the molecule is COc1ccc(-c2cc(CN3CCN(c4ccc(C(C)=O)cc4F)CC3)on2)cc1. The lowest BCUT2D eigenvalue weighted by Crippen LogP contribution is -2.46. The molecule has 2 heterocycles. The third-order valence-electron chi connectivity index (χ3n) is 5.39. The standard InChI is InChI=1S/C23H24FN3O3/c1-16(28)18-5-8-23(21(24)13-18)27-11-9-26(10-12-27)15-20-14-22(25-30-20)17-3-6-19(29-2)7-4-17/h3-8,13-14H,9-12,15H2,1-2H3. The summed E-state index contributed by atoms with van der Waals surface area (Å²) in [6.07, 6.45) is 0. The lowest BCUT2D eigenvalue weighted by atomic mass is 10.1. The van der Waals surface area contributed by atoms with E-state index in [1.165, 1.54) is 13.0 Å². The van der Waals surface area contributed by atoms with E-state index >= 15 is 0 Å². The Kier molecular flexibility index (Phi) is 5.81. The molecule has 156 valence electrons. The van der Waals surface area contributed by atoms with E-state index in [1.807, 2.05) is 35.2 Å². The molecule has 1 saturated heterocycles. The number of benzene rings is 2. The number of ketones is 1. The van der Waals surface area contributed by atoms with Crippen LogP contribution in [0.1, 0.15) is 23.0 Å². The first-order valence-corrected chi connectivity index (χ1v) is 9.91. The Hall–Kier alpha value is -3.19. The highest BCUT2D eigenvalue weighted by molar-refractivity contribution is 5.94. The van der Waals surface area contributed by atoms with Crippen LogP contribution < -0.4 is 9.64 Å². The molecule has 0 radical (unpaired) electrons. The van der Waals surface area contributed by atoms with Crippen LogP contribution in [-0.2, 0) is 6.54 Å². The lowest BCUT2D eigenvalue weighted by Gasteiger charge is -2.35. The summed E-state index contributed by atoms with van der Waals surface area (Å²) >= 11 is 0. The minimum absolute atomic E-state index is 0.133. The maximum Gasteiger partial charge on any atom is 0.159 e. The number of hydrogen-bond acceptors (Lipinski definition) is 6. The van der Waals surface area contributed by atoms with Crippen molar-refractivity contribution in [2.75, 3.05) is 38.2 Å². The van der Waals surface area contributed by atoms with E-state index < -0.39 is 0 Å². The van der Waals surface area contributed by atoms with Gasteiger partial charge in [-0.05, 0) is 49.4 Å². The van der Waals surface area contributed by atoms with E-state index in [1.54, 1.807) is 19.2 Å². The molecule has 0 saturated carbocycles. The summed E-state index contributed by atoms with van der Waals surface area (Å²) in [5.41, 5.74) is 2.70. The number of ether oxygens (including phenoxy) is 1. The molecule has 0 atom stereocenters. The molecule has 6 nitrogen and oxygen atoms in total. The molecule has 1 aliphatic rings. The Morgan fingerprint density at radius 1 is 1.10 bits per heavy atom. The van der Waals surface area contributed by atoms with Crippen LogP contribution in [-0.4, -0.2) is 49.1 Å². The summed E-state index contributed by atoms with van der Waals surface area (Å²) in [5.74, 6) is 1.11. The van der Waals surface area contributed by atoms with Crippen molar-refractivity contribution in [3.8, 4) is 17.0 Å². The average Bonchev–Trinajstić information content (AvgIpc) is 3.23. The summed E-state index contributed by atoms with van der Waals surface area (Å²) in [6.45, 7) is 5.07. The topological polar surface area (TPSA) is 58.8 Å². The number of nitrogens with zero attached hydrogens (tertiary/aromatic N) is 3. The number of piperazine rings is 1. The molecule has 1 aliphatic heterocycles. The van der Waals surface area contributed by atoms with Crippen molar-refractivity contribution in [1.29, 1.82) is 0 Å². The number of hydrogen-bond donors (Lipinski definition) is 0. The van der Waals surface area contributed by atoms with Crippen LogP contribution in [0.25, 0.3) is 11.3 Å². The molecule has 0 N–H and O–H groups in total. The number of halogens is 1. The maximum absolute atomic E-state index is 14.4. The largest absolute Gasteiger partial charge is 0.497 e. The Morgan fingerprint density at radius 3 is 2.47 bits per heavy atom. The van der Waals surface area contributed by atoms with E-state index in [0.717, 1.165) is 35.9 Å². The van der Waals surface area contributed by atoms with Crippen molar-refractivity contribution in [2.45, 2.75) is 13.5 Å². The monoisotopic (exact) mass is 409 g/mol. The molecular weight excluding hydrogens is 385 g/mol. The number of carbonyl (C=O) groups is 1. The number of Topliss-reactive ketones (excluding diaryl/α,β-unsaturated/α-hetero) is 1. The first kappa shape index (κ1) is 20.1. The van der Waals surface area contributed by atoms with Gasteiger partial charge in [0.2, 0.25) is 0 Å². The average molecular weight is 409 g/mol. The van der Waals surface area contributed by atoms with E-state index in [0.29, 0.717) is 30.9 Å². The van der Waals surface area contributed by atoms with Crippen LogP contribution >= 0.6 is 0 Å². The second-order valence-corrected chi connectivity index (χ2v) is 7.39. The van der Waals surface area contributed by atoms with Gasteiger partial charge >= 0.3 is 0 Å². The van der Waals surface area contributed by atoms with Gasteiger partial charge < -0.3 is 14.2 Å². The number of carbonyl (C=O) groups excluding carboxylic acids is 1. The van der Waals surface area contributed by atoms with Gasteiger partial charge in [-0.2, -0.15) is 0 Å². The minimum atomic E-state index is -0.351. The molecule has 0 spiro atoms. The van der Waals surface area contributed by atoms with Crippen LogP contribution in [0.4, 0.5) is 10.1 Å². The third-order valence-corrected chi connectivity index (χ3v) is 5.39. The number of rotatable bonds is 6. The fraction of sp³-hybridized carbons (Fsp3) is 0.304. The molecule has 3 aromatic rings. The van der Waals surface area contributed by atoms with E-state index in [-0.39, 0.29) is 11.6 Å². The molecular formula is C23H24FN3O3. The second-order valence-electron chi connectivity index (χ2n) is 7.39. The zero-order valence-electron chi connectivity index (χ0n) is 17.1. The van der Waals surface area contributed by atoms with E-state index in [2.05, 4.69) is 10.1 Å². The maximum atomic E-state index is 14.4. The van der Waals surface area contributed by atoms with Gasteiger partial charge in [-0.3, -0.25) is 9.69 Å². The summed E-state index contributed by atoms with van der Waals surface area (Å²) in [5, 5.41) is 4.17. The smallest absolute Gasteiger partial charge is 0.159 e. The summed E-state index contributed by atoms with van der Waals surface area (Å²) < 4.78 is 25.1. The highest BCUT2D eigenvalue weighted by Gasteiger charge is 2.21. The predicted molar refractivity (Wildman–Crippen MR) is 112 cm³/mol. The normalized spacial score (nSPS) is 14.7. The first-order valence-electron chi connectivity index (χ1n) is 9.91. The Labute approximate surface area is 174 Å². The van der Waals surface area contributed by atoms with Crippen LogP contribution in [0.5, 0.6) is 5.75 Å². The zero-order valence-corrected chi connectivity index (χ0v) is 17.1. The minimum Gasteiger partial charge on any atom is -0.497 e. The molecule has 2 aromatic carbocycles. The molecule has 4 rings (SSSR count). The van der Waals surface area contributed by atoms with E-state index in [9.17, 15) is 9.18 Å². The molecule has 0 unspecified atom stereocenters. The van der Waals surface area contributed by atoms with Gasteiger partial charge in [0, 0.05) is 43.4 Å². The van der Waals surface area contributed by atoms with Crippen molar-refractivity contribution >= 4 is 11.5 Å². The Bertz CT molecular complexity index is 1020. The second kappa shape index (κ2) is 8.67. The predicted octanol–water partition coefficient (Wildman–Crippen LogP) is 4.01. The molecule has 0 amide bonds. The van der Waals surface area contributed by atoms with Gasteiger partial charge in [0.15, 0.2) is 11.5 Å². The summed E-state index contributed by atoms with van der Waals surface area (Å²) in [4.78, 5) is 15.7. The number of methoxy groups -OCH3 is 1. The molecule has 7 heteroatoms. The van der Waals surface area contributed by atoms with Crippen molar-refractivity contribution in [2.24, 2.45) is 0 Å². The highest BCUT2D eigenvalue weighted by Crippen LogP contribution is 2.25. The van der Waals surface area contributed by atoms with E-state index in [4.69, 9.17) is 9.26 Å². The third kappa shape index (κ3) is 4.36. The lowest BCUT2D eigenvalue weighted by molar-refractivity contribution is 0.101. The molecule has 1 aromatic heterocycles. The summed E-state index contributed by atoms with van der Waals surface area (Å²) in [7, 11) is 1.64. The molecule has 30 heavy (non-hydrogen) atoms. The van der Waals surface area contributed by atoms with Crippen molar-refractivity contribution in [3.05, 3.63) is 65.7 Å².